The zero-order valence-electron chi connectivity index (χ0n) is 19.8. The normalized spacial score (nSPS) is 21.3. The highest BCUT2D eigenvalue weighted by atomic mass is 16.5. The van der Waals surface area contributed by atoms with Crippen LogP contribution >= 0.6 is 0 Å². The number of methoxy groups -OCH3 is 1. The van der Waals surface area contributed by atoms with Gasteiger partial charge in [0.15, 0.2) is 11.5 Å². The molecule has 5 nitrogen and oxygen atoms in total. The smallest absolute Gasteiger partial charge is 0.223 e. The van der Waals surface area contributed by atoms with Crippen molar-refractivity contribution in [3.05, 3.63) is 59.2 Å². The Hall–Kier alpha value is -2.95. The van der Waals surface area contributed by atoms with Gasteiger partial charge in [0.1, 0.15) is 5.66 Å². The van der Waals surface area contributed by atoms with Crippen molar-refractivity contribution in [1.82, 2.24) is 5.32 Å². The predicted octanol–water partition coefficient (Wildman–Crippen LogP) is 5.21. The number of benzene rings is 2. The summed E-state index contributed by atoms with van der Waals surface area (Å²) in [5, 5.41) is 3.34. The van der Waals surface area contributed by atoms with Crippen LogP contribution in [0.2, 0.25) is 0 Å². The summed E-state index contributed by atoms with van der Waals surface area (Å²) in [4.78, 5) is 14.9. The lowest BCUT2D eigenvalue weighted by Gasteiger charge is -2.49. The molecule has 1 atom stereocenters. The van der Waals surface area contributed by atoms with Crippen LogP contribution in [0.15, 0.2) is 42.5 Å². The Morgan fingerprint density at radius 3 is 2.72 bits per heavy atom. The SMILES string of the molecule is CCCCOc1ccc(/C=C/C23NC(=O)CCN2c2ccc(C)cc2C3(C)C)cc1OC. The summed E-state index contributed by atoms with van der Waals surface area (Å²) in [7, 11) is 1.66. The van der Waals surface area contributed by atoms with Gasteiger partial charge < -0.3 is 19.7 Å². The first-order valence-corrected chi connectivity index (χ1v) is 11.5. The number of aryl methyl sites for hydroxylation is 1. The number of ether oxygens (including phenoxy) is 2. The van der Waals surface area contributed by atoms with Gasteiger partial charge in [-0.05, 0) is 48.7 Å². The molecule has 2 aromatic rings. The first-order chi connectivity index (χ1) is 15.3. The average Bonchev–Trinajstić information content (AvgIpc) is 2.96. The van der Waals surface area contributed by atoms with Crippen LogP contribution in [0.1, 0.15) is 56.7 Å². The number of carbonyl (C=O) groups excluding carboxylic acids is 1. The van der Waals surface area contributed by atoms with Gasteiger partial charge in [-0.3, -0.25) is 4.79 Å². The lowest BCUT2D eigenvalue weighted by molar-refractivity contribution is -0.124. The van der Waals surface area contributed by atoms with Gasteiger partial charge in [-0.25, -0.2) is 0 Å². The number of hydrogen-bond acceptors (Lipinski definition) is 4. The molecule has 2 aromatic carbocycles. The van der Waals surface area contributed by atoms with E-state index in [0.717, 1.165) is 29.9 Å². The molecule has 32 heavy (non-hydrogen) atoms. The molecule has 0 bridgehead atoms. The Labute approximate surface area is 191 Å². The van der Waals surface area contributed by atoms with Gasteiger partial charge in [0.25, 0.3) is 0 Å². The lowest BCUT2D eigenvalue weighted by atomic mass is 9.74. The molecule has 2 heterocycles. The predicted molar refractivity (Wildman–Crippen MR) is 129 cm³/mol. The summed E-state index contributed by atoms with van der Waals surface area (Å²) in [6.07, 6.45) is 6.82. The number of hydrogen-bond donors (Lipinski definition) is 1. The van der Waals surface area contributed by atoms with Gasteiger partial charge in [-0.1, -0.05) is 57.0 Å². The van der Waals surface area contributed by atoms with E-state index in [2.05, 4.69) is 68.3 Å². The lowest BCUT2D eigenvalue weighted by Crippen LogP contribution is -2.68. The summed E-state index contributed by atoms with van der Waals surface area (Å²) in [5.74, 6) is 1.56. The molecule has 5 heteroatoms. The minimum atomic E-state index is -0.623. The number of nitrogens with one attached hydrogen (secondary N) is 1. The molecular weight excluding hydrogens is 400 g/mol. The van der Waals surface area contributed by atoms with E-state index in [9.17, 15) is 4.79 Å². The van der Waals surface area contributed by atoms with E-state index in [-0.39, 0.29) is 11.3 Å². The Morgan fingerprint density at radius 2 is 1.97 bits per heavy atom. The summed E-state index contributed by atoms with van der Waals surface area (Å²) >= 11 is 0. The Morgan fingerprint density at radius 1 is 1.16 bits per heavy atom. The topological polar surface area (TPSA) is 50.8 Å². The number of fused-ring (bicyclic) bond motifs is 3. The molecule has 0 aliphatic carbocycles. The molecule has 1 fully saturated rings. The molecule has 170 valence electrons. The van der Waals surface area contributed by atoms with Crippen molar-refractivity contribution >= 4 is 17.7 Å². The Balaban J connectivity index is 1.70. The maximum atomic E-state index is 12.6. The highest BCUT2D eigenvalue weighted by molar-refractivity contribution is 5.84. The van der Waals surface area contributed by atoms with E-state index in [1.807, 2.05) is 18.2 Å². The van der Waals surface area contributed by atoms with Crippen LogP contribution in [0.25, 0.3) is 6.08 Å². The number of rotatable bonds is 7. The largest absolute Gasteiger partial charge is 0.493 e. The molecule has 1 unspecified atom stereocenters. The molecule has 0 spiro atoms. The number of amides is 1. The minimum absolute atomic E-state index is 0.0840. The van der Waals surface area contributed by atoms with Gasteiger partial charge in [-0.15, -0.1) is 0 Å². The van der Waals surface area contributed by atoms with E-state index >= 15 is 0 Å². The van der Waals surface area contributed by atoms with Gasteiger partial charge in [0.05, 0.1) is 13.7 Å². The standard InChI is InChI=1S/C27H34N2O3/c1-6-7-16-32-23-11-9-20(18-24(23)31-5)12-14-27-26(3,4)21-17-19(2)8-10-22(21)29(27)15-13-25(30)28-27/h8-12,14,17-18H,6-7,13,15-16H2,1-5H3,(H,28,30)/b14-12+. The maximum absolute atomic E-state index is 12.6. The van der Waals surface area contributed by atoms with Crippen LogP contribution in [0.4, 0.5) is 5.69 Å². The van der Waals surface area contributed by atoms with Crippen molar-refractivity contribution in [2.24, 2.45) is 0 Å². The number of carbonyl (C=O) groups is 1. The van der Waals surface area contributed by atoms with E-state index in [1.54, 1.807) is 7.11 Å². The fraction of sp³-hybridized carbons (Fsp3) is 0.444. The molecule has 2 aliphatic heterocycles. The van der Waals surface area contributed by atoms with Crippen molar-refractivity contribution in [3.63, 3.8) is 0 Å². The molecule has 0 aromatic heterocycles. The van der Waals surface area contributed by atoms with Gasteiger partial charge in [0.2, 0.25) is 5.91 Å². The summed E-state index contributed by atoms with van der Waals surface area (Å²) in [6.45, 7) is 10.1. The highest BCUT2D eigenvalue weighted by Crippen LogP contribution is 2.52. The van der Waals surface area contributed by atoms with Crippen molar-refractivity contribution < 1.29 is 14.3 Å². The van der Waals surface area contributed by atoms with Crippen LogP contribution in [0.3, 0.4) is 0 Å². The van der Waals surface area contributed by atoms with Crippen LogP contribution < -0.4 is 19.7 Å². The second-order valence-corrected chi connectivity index (χ2v) is 9.31. The molecular formula is C27H34N2O3. The van der Waals surface area contributed by atoms with Crippen LogP contribution in [-0.2, 0) is 10.2 Å². The van der Waals surface area contributed by atoms with Gasteiger partial charge in [0, 0.05) is 24.1 Å². The second-order valence-electron chi connectivity index (χ2n) is 9.31. The maximum Gasteiger partial charge on any atom is 0.223 e. The molecule has 2 aliphatic rings. The van der Waals surface area contributed by atoms with Crippen molar-refractivity contribution in [1.29, 1.82) is 0 Å². The third-order valence-electron chi connectivity index (χ3n) is 6.85. The Bertz CT molecular complexity index is 1040. The van der Waals surface area contributed by atoms with E-state index in [1.165, 1.54) is 16.8 Å². The molecule has 0 radical (unpaired) electrons. The zero-order valence-corrected chi connectivity index (χ0v) is 19.8. The summed E-state index contributed by atoms with van der Waals surface area (Å²) < 4.78 is 11.4. The third kappa shape index (κ3) is 3.64. The molecule has 0 saturated carbocycles. The van der Waals surface area contributed by atoms with E-state index in [4.69, 9.17) is 9.47 Å². The molecule has 4 rings (SSSR count). The number of anilines is 1. The second kappa shape index (κ2) is 8.53. The average molecular weight is 435 g/mol. The monoisotopic (exact) mass is 434 g/mol. The summed E-state index contributed by atoms with van der Waals surface area (Å²) in [6, 6.07) is 12.6. The first-order valence-electron chi connectivity index (χ1n) is 11.5. The van der Waals surface area contributed by atoms with Crippen LogP contribution in [0, 0.1) is 6.92 Å². The Kier molecular flexibility index (Phi) is 5.93. The molecule has 1 saturated heterocycles. The molecule has 1 N–H and O–H groups in total. The molecule has 1 amide bonds. The first kappa shape index (κ1) is 22.3. The van der Waals surface area contributed by atoms with Crippen LogP contribution in [-0.4, -0.2) is 31.8 Å². The van der Waals surface area contributed by atoms with Crippen molar-refractivity contribution in [2.75, 3.05) is 25.2 Å². The van der Waals surface area contributed by atoms with Gasteiger partial charge in [-0.2, -0.15) is 0 Å². The minimum Gasteiger partial charge on any atom is -0.493 e. The number of unbranched alkanes of at least 4 members (excludes halogenated alkanes) is 1. The third-order valence-corrected chi connectivity index (χ3v) is 6.85. The fourth-order valence-electron chi connectivity index (χ4n) is 4.92. The highest BCUT2D eigenvalue weighted by Gasteiger charge is 2.57. The number of nitrogens with zero attached hydrogens (tertiary/aromatic N) is 1. The zero-order chi connectivity index (χ0) is 22.9. The summed E-state index contributed by atoms with van der Waals surface area (Å²) in [5.41, 5.74) is 3.77. The quantitative estimate of drug-likeness (QED) is 0.608. The van der Waals surface area contributed by atoms with Crippen molar-refractivity contribution in [2.45, 2.75) is 58.0 Å². The van der Waals surface area contributed by atoms with Gasteiger partial charge >= 0.3 is 0 Å². The fourth-order valence-corrected chi connectivity index (χ4v) is 4.92. The van der Waals surface area contributed by atoms with Crippen molar-refractivity contribution in [3.8, 4) is 11.5 Å². The van der Waals surface area contributed by atoms with E-state index in [0.29, 0.717) is 19.6 Å². The van der Waals surface area contributed by atoms with E-state index < -0.39 is 5.66 Å². The van der Waals surface area contributed by atoms with Crippen LogP contribution in [0.5, 0.6) is 11.5 Å².